The average molecular weight is 406 g/mol. The van der Waals surface area contributed by atoms with E-state index in [1.165, 1.54) is 12.1 Å². The molecule has 3 rings (SSSR count). The van der Waals surface area contributed by atoms with E-state index < -0.39 is 17.5 Å². The van der Waals surface area contributed by atoms with E-state index in [9.17, 15) is 13.2 Å². The molecule has 1 fully saturated rings. The Bertz CT molecular complexity index is 814. The number of unbranched alkanes of at least 4 members (excludes halogenated alkanes) is 2. The summed E-state index contributed by atoms with van der Waals surface area (Å²) in [5.41, 5.74) is 1.27. The van der Waals surface area contributed by atoms with Crippen molar-refractivity contribution in [3.05, 3.63) is 58.9 Å². The number of benzene rings is 2. The van der Waals surface area contributed by atoms with Crippen LogP contribution in [0.3, 0.4) is 0 Å². The van der Waals surface area contributed by atoms with Gasteiger partial charge in [0, 0.05) is 18.1 Å². The van der Waals surface area contributed by atoms with Crippen molar-refractivity contribution < 1.29 is 22.6 Å². The third kappa shape index (κ3) is 5.20. The summed E-state index contributed by atoms with van der Waals surface area (Å²) in [5.74, 6) is -2.43. The summed E-state index contributed by atoms with van der Waals surface area (Å²) in [4.78, 5) is 0. The monoisotopic (exact) mass is 406 g/mol. The topological polar surface area (TPSA) is 18.5 Å². The highest BCUT2D eigenvalue weighted by Crippen LogP contribution is 2.34. The largest absolute Gasteiger partial charge is 0.353 e. The first kappa shape index (κ1) is 21.8. The highest BCUT2D eigenvalue weighted by Gasteiger charge is 2.27. The molecule has 0 radical (unpaired) electrons. The molecule has 29 heavy (non-hydrogen) atoms. The third-order valence-corrected chi connectivity index (χ3v) is 5.58. The number of halogens is 3. The van der Waals surface area contributed by atoms with Crippen molar-refractivity contribution in [2.45, 2.75) is 64.6 Å². The van der Waals surface area contributed by atoms with Crippen LogP contribution >= 0.6 is 0 Å². The van der Waals surface area contributed by atoms with Gasteiger partial charge < -0.3 is 9.47 Å². The van der Waals surface area contributed by atoms with Crippen molar-refractivity contribution in [3.8, 4) is 11.1 Å². The van der Waals surface area contributed by atoms with Crippen molar-refractivity contribution in [3.63, 3.8) is 0 Å². The molecular formula is C24H29F3O2. The van der Waals surface area contributed by atoms with E-state index in [1.807, 2.05) is 6.92 Å². The van der Waals surface area contributed by atoms with Gasteiger partial charge in [-0.3, -0.25) is 0 Å². The Hall–Kier alpha value is -1.85. The van der Waals surface area contributed by atoms with Gasteiger partial charge in [-0.1, -0.05) is 51.0 Å². The van der Waals surface area contributed by atoms with Gasteiger partial charge in [-0.25, -0.2) is 13.2 Å². The lowest BCUT2D eigenvalue weighted by atomic mass is 9.90. The van der Waals surface area contributed by atoms with Crippen LogP contribution in [-0.4, -0.2) is 19.5 Å². The maximum atomic E-state index is 14.8. The minimum atomic E-state index is -0.941. The van der Waals surface area contributed by atoms with Crippen LogP contribution < -0.4 is 0 Å². The van der Waals surface area contributed by atoms with Crippen LogP contribution in [0.4, 0.5) is 13.2 Å². The maximum Gasteiger partial charge on any atom is 0.166 e. The molecule has 0 saturated carbocycles. The standard InChI is InChI=1S/C24H29F3O2/c1-3-5-6-13-28-22-12-9-18(15-29-22)20-11-10-19(23(26)24(20)27)17-8-7-16(4-2)21(25)14-17/h7-8,10-11,14,18,22H,3-6,9,12-13,15H2,1-2H3. The van der Waals surface area contributed by atoms with Gasteiger partial charge in [0.25, 0.3) is 0 Å². The summed E-state index contributed by atoms with van der Waals surface area (Å²) in [7, 11) is 0. The van der Waals surface area contributed by atoms with Crippen molar-refractivity contribution >= 4 is 0 Å². The van der Waals surface area contributed by atoms with E-state index in [1.54, 1.807) is 18.2 Å². The molecule has 0 N–H and O–H groups in total. The van der Waals surface area contributed by atoms with Gasteiger partial charge in [0.1, 0.15) is 5.82 Å². The normalized spacial score (nSPS) is 19.5. The number of ether oxygens (including phenoxy) is 2. The molecule has 2 nitrogen and oxygen atoms in total. The van der Waals surface area contributed by atoms with Gasteiger partial charge >= 0.3 is 0 Å². The summed E-state index contributed by atoms with van der Waals surface area (Å²) in [5, 5.41) is 0. The molecular weight excluding hydrogens is 377 g/mol. The van der Waals surface area contributed by atoms with Crippen LogP contribution in [0.1, 0.15) is 63.0 Å². The quantitative estimate of drug-likeness (QED) is 0.451. The minimum Gasteiger partial charge on any atom is -0.353 e. The Morgan fingerprint density at radius 1 is 1.00 bits per heavy atom. The third-order valence-electron chi connectivity index (χ3n) is 5.58. The van der Waals surface area contributed by atoms with Crippen LogP contribution in [0.25, 0.3) is 11.1 Å². The second-order valence-electron chi connectivity index (χ2n) is 7.61. The molecule has 2 aromatic rings. The molecule has 2 aromatic carbocycles. The zero-order chi connectivity index (χ0) is 20.8. The maximum absolute atomic E-state index is 14.8. The van der Waals surface area contributed by atoms with Gasteiger partial charge in [0.05, 0.1) is 6.61 Å². The number of aryl methyl sites for hydroxylation is 1. The Labute approximate surface area is 171 Å². The molecule has 1 heterocycles. The SMILES string of the molecule is CCCCCOC1CCC(c2ccc(-c3ccc(CC)c(F)c3)c(F)c2F)CO1. The van der Waals surface area contributed by atoms with E-state index in [4.69, 9.17) is 9.47 Å². The second kappa shape index (κ2) is 10.3. The van der Waals surface area contributed by atoms with Crippen molar-refractivity contribution in [2.24, 2.45) is 0 Å². The molecule has 1 saturated heterocycles. The van der Waals surface area contributed by atoms with Crippen LogP contribution in [0, 0.1) is 17.5 Å². The number of hydrogen-bond acceptors (Lipinski definition) is 2. The Morgan fingerprint density at radius 2 is 1.83 bits per heavy atom. The Kier molecular flexibility index (Phi) is 7.73. The average Bonchev–Trinajstić information content (AvgIpc) is 2.74. The van der Waals surface area contributed by atoms with Crippen LogP contribution in [-0.2, 0) is 15.9 Å². The van der Waals surface area contributed by atoms with Gasteiger partial charge in [0.2, 0.25) is 0 Å². The molecule has 0 amide bonds. The first-order valence-electron chi connectivity index (χ1n) is 10.5. The lowest BCUT2D eigenvalue weighted by Crippen LogP contribution is -2.28. The molecule has 0 bridgehead atoms. The van der Waals surface area contributed by atoms with Crippen LogP contribution in [0.5, 0.6) is 0 Å². The van der Waals surface area contributed by atoms with E-state index in [0.29, 0.717) is 49.2 Å². The fourth-order valence-electron chi connectivity index (χ4n) is 3.78. The van der Waals surface area contributed by atoms with Crippen LogP contribution in [0.2, 0.25) is 0 Å². The molecule has 0 spiro atoms. The molecule has 0 aromatic heterocycles. The van der Waals surface area contributed by atoms with Gasteiger partial charge in [0.15, 0.2) is 17.9 Å². The molecule has 1 aliphatic rings. The predicted octanol–water partition coefficient (Wildman–Crippen LogP) is 6.76. The molecule has 2 unspecified atom stereocenters. The Morgan fingerprint density at radius 3 is 2.48 bits per heavy atom. The highest BCUT2D eigenvalue weighted by atomic mass is 19.2. The van der Waals surface area contributed by atoms with Crippen LogP contribution in [0.15, 0.2) is 30.3 Å². The summed E-state index contributed by atoms with van der Waals surface area (Å²) < 4.78 is 55.1. The molecule has 1 aliphatic heterocycles. The van der Waals surface area contributed by atoms with E-state index in [2.05, 4.69) is 6.92 Å². The number of hydrogen-bond donors (Lipinski definition) is 0. The zero-order valence-corrected chi connectivity index (χ0v) is 17.1. The first-order chi connectivity index (χ1) is 14.0. The van der Waals surface area contributed by atoms with Crippen molar-refractivity contribution in [1.29, 1.82) is 0 Å². The van der Waals surface area contributed by atoms with Crippen molar-refractivity contribution in [1.82, 2.24) is 0 Å². The minimum absolute atomic E-state index is 0.0710. The van der Waals surface area contributed by atoms with E-state index in [-0.39, 0.29) is 17.8 Å². The smallest absolute Gasteiger partial charge is 0.166 e. The fourth-order valence-corrected chi connectivity index (χ4v) is 3.78. The molecule has 0 aliphatic carbocycles. The second-order valence-corrected chi connectivity index (χ2v) is 7.61. The first-order valence-corrected chi connectivity index (χ1v) is 10.5. The van der Waals surface area contributed by atoms with E-state index >= 15 is 0 Å². The van der Waals surface area contributed by atoms with Crippen molar-refractivity contribution in [2.75, 3.05) is 13.2 Å². The molecule has 5 heteroatoms. The van der Waals surface area contributed by atoms with Gasteiger partial charge in [-0.15, -0.1) is 0 Å². The Balaban J connectivity index is 1.68. The predicted molar refractivity (Wildman–Crippen MR) is 108 cm³/mol. The molecule has 158 valence electrons. The van der Waals surface area contributed by atoms with Gasteiger partial charge in [-0.2, -0.15) is 0 Å². The summed E-state index contributed by atoms with van der Waals surface area (Å²) >= 11 is 0. The van der Waals surface area contributed by atoms with E-state index in [0.717, 1.165) is 19.3 Å². The fraction of sp³-hybridized carbons (Fsp3) is 0.500. The lowest BCUT2D eigenvalue weighted by Gasteiger charge is -2.29. The highest BCUT2D eigenvalue weighted by molar-refractivity contribution is 5.65. The lowest BCUT2D eigenvalue weighted by molar-refractivity contribution is -0.168. The summed E-state index contributed by atoms with van der Waals surface area (Å²) in [6.07, 6.45) is 4.87. The molecule has 2 atom stereocenters. The summed E-state index contributed by atoms with van der Waals surface area (Å²) in [6, 6.07) is 7.63. The van der Waals surface area contributed by atoms with Gasteiger partial charge in [-0.05, 0) is 48.4 Å². The number of rotatable bonds is 8. The zero-order valence-electron chi connectivity index (χ0n) is 17.1. The summed E-state index contributed by atoms with van der Waals surface area (Å²) in [6.45, 7) is 4.94.